The van der Waals surface area contributed by atoms with E-state index in [1.807, 2.05) is 30.3 Å². The quantitative estimate of drug-likeness (QED) is 0.241. The molecule has 1 rings (SSSR count). The van der Waals surface area contributed by atoms with E-state index in [2.05, 4.69) is 35.1 Å². The highest BCUT2D eigenvalue weighted by atomic mass is 35.5. The number of benzene rings is 1. The monoisotopic (exact) mass is 448 g/mol. The van der Waals surface area contributed by atoms with Gasteiger partial charge in [-0.15, -0.1) is 0 Å². The molecule has 0 bridgehead atoms. The molecule has 5 heteroatoms. The van der Waals surface area contributed by atoms with Crippen LogP contribution in [-0.4, -0.2) is 69.9 Å². The van der Waals surface area contributed by atoms with Gasteiger partial charge in [0.15, 0.2) is 0 Å². The molecule has 0 unspecified atom stereocenters. The van der Waals surface area contributed by atoms with Crippen LogP contribution in [0.2, 0.25) is 0 Å². The highest BCUT2D eigenvalue weighted by Crippen LogP contribution is 2.12. The Kier molecular flexibility index (Phi) is 18.2. The Morgan fingerprint density at radius 1 is 0.621 bits per heavy atom. The maximum Gasteiger partial charge on any atom is 0.128 e. The Morgan fingerprint density at radius 3 is 1.66 bits per heavy atom. The summed E-state index contributed by atoms with van der Waals surface area (Å²) in [4.78, 5) is 0. The lowest BCUT2D eigenvalue weighted by molar-refractivity contribution is -0.945. The maximum atomic E-state index is 5.74. The van der Waals surface area contributed by atoms with E-state index in [0.717, 1.165) is 16.8 Å². The number of hydrogen-bond acceptors (Lipinski definition) is 1. The lowest BCUT2D eigenvalue weighted by Gasteiger charge is -2.35. The first-order chi connectivity index (χ1) is 12.8. The van der Waals surface area contributed by atoms with Gasteiger partial charge in [-0.3, -0.25) is 0 Å². The van der Waals surface area contributed by atoms with Crippen LogP contribution in [-0.2, 0) is 0 Å². The Balaban J connectivity index is 0. The lowest BCUT2D eigenvalue weighted by atomic mass is 10.1. The molecule has 0 radical (unpaired) electrons. The summed E-state index contributed by atoms with van der Waals surface area (Å²) < 4.78 is 8.05. The van der Waals surface area contributed by atoms with Crippen molar-refractivity contribution in [2.24, 2.45) is 0 Å². The molecule has 0 saturated carbocycles. The van der Waals surface area contributed by atoms with Crippen molar-refractivity contribution in [3.05, 3.63) is 30.3 Å². The van der Waals surface area contributed by atoms with Crippen molar-refractivity contribution in [3.63, 3.8) is 0 Å². The number of unbranched alkanes of at least 4 members (excludes halogenated alkanes) is 7. The molecule has 0 aliphatic carbocycles. The minimum atomic E-state index is 0. The van der Waals surface area contributed by atoms with Gasteiger partial charge < -0.3 is 38.5 Å². The van der Waals surface area contributed by atoms with Crippen LogP contribution in [0.5, 0.6) is 5.75 Å². The third kappa shape index (κ3) is 16.9. The van der Waals surface area contributed by atoms with Crippen LogP contribution >= 0.6 is 0 Å². The van der Waals surface area contributed by atoms with E-state index in [0.29, 0.717) is 0 Å². The first kappa shape index (κ1) is 30.7. The number of likely N-dealkylation sites (N-methyl/N-ethyl adjacent to an activating group) is 2. The van der Waals surface area contributed by atoms with Gasteiger partial charge in [0.25, 0.3) is 0 Å². The molecule has 0 amide bonds. The molecule has 1 aromatic rings. The number of ether oxygens (including phenoxy) is 1. The predicted molar refractivity (Wildman–Crippen MR) is 118 cm³/mol. The molecule has 0 fully saturated rings. The summed E-state index contributed by atoms with van der Waals surface area (Å²) >= 11 is 0. The van der Waals surface area contributed by atoms with Crippen molar-refractivity contribution in [2.45, 2.75) is 58.3 Å². The van der Waals surface area contributed by atoms with Crippen molar-refractivity contribution >= 4 is 0 Å². The second-order valence-corrected chi connectivity index (χ2v) is 9.35. The van der Waals surface area contributed by atoms with E-state index in [-0.39, 0.29) is 24.8 Å². The number of nitrogens with zero attached hydrogens (tertiary/aromatic N) is 2. The SMILES string of the molecule is CC[N+](C)(C)CC[N+](C)(C)CCCCCCCCCCOc1ccccc1.[Cl-].[Cl-]. The molecular formula is C24H46Cl2N2O. The molecule has 0 atom stereocenters. The average molecular weight is 450 g/mol. The number of halogens is 2. The highest BCUT2D eigenvalue weighted by Gasteiger charge is 2.20. The van der Waals surface area contributed by atoms with Crippen LogP contribution in [0.4, 0.5) is 0 Å². The fourth-order valence-electron chi connectivity index (χ4n) is 3.22. The van der Waals surface area contributed by atoms with Crippen molar-refractivity contribution in [2.75, 3.05) is 61.0 Å². The van der Waals surface area contributed by atoms with E-state index in [4.69, 9.17) is 4.74 Å². The fourth-order valence-corrected chi connectivity index (χ4v) is 3.22. The van der Waals surface area contributed by atoms with Crippen LogP contribution in [0.3, 0.4) is 0 Å². The molecule has 0 saturated heterocycles. The summed E-state index contributed by atoms with van der Waals surface area (Å²) in [5.41, 5.74) is 0. The molecule has 0 spiro atoms. The van der Waals surface area contributed by atoms with Crippen molar-refractivity contribution in [1.82, 2.24) is 0 Å². The Labute approximate surface area is 193 Å². The minimum Gasteiger partial charge on any atom is -1.00 e. The first-order valence-corrected chi connectivity index (χ1v) is 11.2. The summed E-state index contributed by atoms with van der Waals surface area (Å²) in [6, 6.07) is 10.1. The van der Waals surface area contributed by atoms with Gasteiger partial charge in [-0.2, -0.15) is 0 Å². The van der Waals surface area contributed by atoms with E-state index >= 15 is 0 Å². The largest absolute Gasteiger partial charge is 1.00 e. The zero-order valence-electron chi connectivity index (χ0n) is 19.6. The summed E-state index contributed by atoms with van der Waals surface area (Å²) in [6.07, 6.45) is 10.8. The molecule has 0 aromatic heterocycles. The van der Waals surface area contributed by atoms with Crippen molar-refractivity contribution in [3.8, 4) is 5.75 Å². The number of rotatable bonds is 16. The lowest BCUT2D eigenvalue weighted by Crippen LogP contribution is -3.00. The average Bonchev–Trinajstić information content (AvgIpc) is 2.65. The van der Waals surface area contributed by atoms with E-state index in [1.54, 1.807) is 0 Å². The van der Waals surface area contributed by atoms with Crippen LogP contribution in [0.25, 0.3) is 0 Å². The van der Waals surface area contributed by atoms with Crippen LogP contribution in [0, 0.1) is 0 Å². The topological polar surface area (TPSA) is 9.23 Å². The molecule has 29 heavy (non-hydrogen) atoms. The molecule has 0 heterocycles. The Hall–Kier alpha value is -0.480. The predicted octanol–water partition coefficient (Wildman–Crippen LogP) is -0.633. The second kappa shape index (κ2) is 17.2. The molecule has 1 aromatic carbocycles. The van der Waals surface area contributed by atoms with E-state index < -0.39 is 0 Å². The van der Waals surface area contributed by atoms with Gasteiger partial charge in [0.2, 0.25) is 0 Å². The third-order valence-corrected chi connectivity index (χ3v) is 5.84. The second-order valence-electron chi connectivity index (χ2n) is 9.35. The van der Waals surface area contributed by atoms with Gasteiger partial charge in [0.1, 0.15) is 18.8 Å². The number of hydrogen-bond donors (Lipinski definition) is 0. The molecule has 0 aliphatic heterocycles. The van der Waals surface area contributed by atoms with Crippen molar-refractivity contribution < 1.29 is 38.5 Å². The molecule has 3 nitrogen and oxygen atoms in total. The molecular weight excluding hydrogens is 403 g/mol. The first-order valence-electron chi connectivity index (χ1n) is 11.2. The molecule has 0 aliphatic rings. The van der Waals surface area contributed by atoms with E-state index in [9.17, 15) is 0 Å². The van der Waals surface area contributed by atoms with Crippen molar-refractivity contribution in [1.29, 1.82) is 0 Å². The number of para-hydroxylation sites is 1. The molecule has 172 valence electrons. The molecule has 0 N–H and O–H groups in total. The van der Waals surface area contributed by atoms with Crippen LogP contribution in [0.1, 0.15) is 58.3 Å². The minimum absolute atomic E-state index is 0. The zero-order valence-corrected chi connectivity index (χ0v) is 21.1. The van der Waals surface area contributed by atoms with Gasteiger partial charge in [-0.05, 0) is 38.3 Å². The smallest absolute Gasteiger partial charge is 0.128 e. The standard InChI is InChI=1S/C24H46N2O.2ClH/c1-6-25(2,3)21-22-26(4,5)20-16-11-9-7-8-10-12-17-23-27-24-18-14-13-15-19-24;;/h13-15,18-19H,6-12,16-17,20-23H2,1-5H3;2*1H/q+2;;/p-2. The third-order valence-electron chi connectivity index (χ3n) is 5.84. The summed E-state index contributed by atoms with van der Waals surface area (Å²) in [7, 11) is 9.47. The van der Waals surface area contributed by atoms with Gasteiger partial charge in [0.05, 0.1) is 47.9 Å². The summed E-state index contributed by atoms with van der Waals surface area (Å²) in [5.74, 6) is 0.996. The summed E-state index contributed by atoms with van der Waals surface area (Å²) in [6.45, 7) is 8.24. The Bertz CT molecular complexity index is 481. The zero-order chi connectivity index (χ0) is 20.0. The van der Waals surface area contributed by atoms with Crippen LogP contribution < -0.4 is 29.6 Å². The van der Waals surface area contributed by atoms with Gasteiger partial charge in [-0.25, -0.2) is 0 Å². The van der Waals surface area contributed by atoms with Gasteiger partial charge in [-0.1, -0.05) is 50.3 Å². The van der Waals surface area contributed by atoms with E-state index in [1.165, 1.54) is 82.0 Å². The van der Waals surface area contributed by atoms with Crippen LogP contribution in [0.15, 0.2) is 30.3 Å². The fraction of sp³-hybridized carbons (Fsp3) is 0.750. The Morgan fingerprint density at radius 2 is 1.10 bits per heavy atom. The van der Waals surface area contributed by atoms with Gasteiger partial charge >= 0.3 is 0 Å². The highest BCUT2D eigenvalue weighted by molar-refractivity contribution is 5.20. The van der Waals surface area contributed by atoms with Gasteiger partial charge in [0, 0.05) is 0 Å². The summed E-state index contributed by atoms with van der Waals surface area (Å²) in [5, 5.41) is 0. The number of quaternary nitrogens is 2. The maximum absolute atomic E-state index is 5.74. The normalized spacial score (nSPS) is 11.5.